The van der Waals surface area contributed by atoms with Gasteiger partial charge in [0.2, 0.25) is 0 Å². The first-order chi connectivity index (χ1) is 13.0. The third-order valence-corrected chi connectivity index (χ3v) is 3.45. The van der Waals surface area contributed by atoms with Crippen LogP contribution < -0.4 is 5.43 Å². The zero-order valence-corrected chi connectivity index (χ0v) is 14.2. The molecule has 0 aliphatic rings. The fraction of sp³-hybridized carbons (Fsp3) is 0.125. The lowest BCUT2D eigenvalue weighted by Gasteiger charge is -2.07. The Balaban J connectivity index is 2.17. The molecule has 2 rings (SSSR count). The van der Waals surface area contributed by atoms with Crippen molar-refractivity contribution < 1.29 is 26.3 Å². The average Bonchev–Trinajstić information content (AvgIpc) is 2.61. The summed E-state index contributed by atoms with van der Waals surface area (Å²) in [6, 6.07) is 7.64. The van der Waals surface area contributed by atoms with Crippen molar-refractivity contribution in [3.05, 3.63) is 58.6 Å². The fourth-order valence-electron chi connectivity index (χ4n) is 1.79. The van der Waals surface area contributed by atoms with Crippen LogP contribution in [0.3, 0.4) is 0 Å². The molecule has 0 aromatic heterocycles. The zero-order valence-electron chi connectivity index (χ0n) is 13.5. The molecule has 0 saturated heterocycles. The first kappa shape index (κ1) is 21.2. The van der Waals surface area contributed by atoms with Gasteiger partial charge in [0.15, 0.2) is 0 Å². The van der Waals surface area contributed by atoms with Crippen molar-refractivity contribution in [3.63, 3.8) is 0 Å². The normalized spacial score (nSPS) is 12.9. The summed E-state index contributed by atoms with van der Waals surface area (Å²) in [5.41, 5.74) is 0.188. The lowest BCUT2D eigenvalue weighted by molar-refractivity contribution is -0.138. The van der Waals surface area contributed by atoms with Crippen LogP contribution in [0.4, 0.5) is 37.7 Å². The van der Waals surface area contributed by atoms with E-state index in [-0.39, 0.29) is 16.4 Å². The standard InChI is InChI=1S/C16H8ClF6N5/c17-12-6-3-10(16(21,22)23)7-13(12)26-28-14(8-24)27-25-11-4-1-9(2-5-11)15(18,19)20/h1-7,25H/b27-14+,28-26?. The fourth-order valence-corrected chi connectivity index (χ4v) is 1.94. The Morgan fingerprint density at radius 3 is 2.04 bits per heavy atom. The van der Waals surface area contributed by atoms with Crippen LogP contribution in [0, 0.1) is 11.3 Å². The minimum absolute atomic E-state index is 0.119. The predicted octanol–water partition coefficient (Wildman–Crippen LogP) is 6.41. The van der Waals surface area contributed by atoms with Crippen LogP contribution >= 0.6 is 11.6 Å². The highest BCUT2D eigenvalue weighted by Gasteiger charge is 2.31. The van der Waals surface area contributed by atoms with Crippen LogP contribution in [0.25, 0.3) is 0 Å². The van der Waals surface area contributed by atoms with E-state index >= 15 is 0 Å². The van der Waals surface area contributed by atoms with Gasteiger partial charge in [-0.2, -0.15) is 31.6 Å². The Labute approximate surface area is 158 Å². The minimum Gasteiger partial charge on any atom is -0.276 e. The summed E-state index contributed by atoms with van der Waals surface area (Å²) < 4.78 is 75.6. The monoisotopic (exact) mass is 419 g/mol. The summed E-state index contributed by atoms with van der Waals surface area (Å²) in [5.74, 6) is -0.589. The Kier molecular flexibility index (Phi) is 6.25. The maximum absolute atomic E-state index is 12.7. The summed E-state index contributed by atoms with van der Waals surface area (Å²) >= 11 is 5.75. The van der Waals surface area contributed by atoms with Crippen molar-refractivity contribution in [2.75, 3.05) is 5.43 Å². The number of amidine groups is 1. The number of nitriles is 1. The Hall–Kier alpha value is -3.13. The van der Waals surface area contributed by atoms with Gasteiger partial charge in [0, 0.05) is 0 Å². The van der Waals surface area contributed by atoms with Crippen molar-refractivity contribution in [3.8, 4) is 6.07 Å². The molecule has 0 fully saturated rings. The molecule has 0 aliphatic heterocycles. The van der Waals surface area contributed by atoms with Crippen LogP contribution in [-0.2, 0) is 12.4 Å². The molecule has 0 radical (unpaired) electrons. The van der Waals surface area contributed by atoms with Crippen LogP contribution in [0.1, 0.15) is 11.1 Å². The molecule has 0 heterocycles. The molecule has 0 saturated carbocycles. The van der Waals surface area contributed by atoms with E-state index in [2.05, 4.69) is 20.8 Å². The first-order valence-corrected chi connectivity index (χ1v) is 7.58. The van der Waals surface area contributed by atoms with Gasteiger partial charge in [-0.15, -0.1) is 15.3 Å². The number of alkyl halides is 6. The second-order valence-electron chi connectivity index (χ2n) is 5.10. The Morgan fingerprint density at radius 2 is 1.50 bits per heavy atom. The molecule has 146 valence electrons. The van der Waals surface area contributed by atoms with Crippen LogP contribution in [0.2, 0.25) is 5.02 Å². The predicted molar refractivity (Wildman–Crippen MR) is 89.1 cm³/mol. The number of rotatable bonds is 3. The van der Waals surface area contributed by atoms with E-state index in [1.54, 1.807) is 0 Å². The lowest BCUT2D eigenvalue weighted by atomic mass is 10.2. The summed E-state index contributed by atoms with van der Waals surface area (Å²) in [6.07, 6.45) is -9.12. The number of halogens is 7. The molecule has 0 aliphatic carbocycles. The quantitative estimate of drug-likeness (QED) is 0.205. The minimum atomic E-state index is -4.62. The molecule has 1 N–H and O–H groups in total. The van der Waals surface area contributed by atoms with Gasteiger partial charge in [-0.3, -0.25) is 5.43 Å². The molecular weight excluding hydrogens is 412 g/mol. The number of nitrogens with zero attached hydrogens (tertiary/aromatic N) is 4. The number of azo groups is 1. The number of hydrogen-bond acceptors (Lipinski definition) is 4. The van der Waals surface area contributed by atoms with Crippen molar-refractivity contribution in [2.24, 2.45) is 15.3 Å². The van der Waals surface area contributed by atoms with E-state index in [0.717, 1.165) is 36.4 Å². The Morgan fingerprint density at radius 1 is 0.929 bits per heavy atom. The van der Waals surface area contributed by atoms with Gasteiger partial charge in [-0.25, -0.2) is 0 Å². The van der Waals surface area contributed by atoms with Gasteiger partial charge >= 0.3 is 12.4 Å². The SMILES string of the molecule is N#C/C(N=Nc1cc(C(F)(F)F)ccc1Cl)=N\Nc1ccc(C(F)(F)F)cc1. The summed E-state index contributed by atoms with van der Waals surface area (Å²) in [7, 11) is 0. The van der Waals surface area contributed by atoms with Crippen molar-refractivity contribution in [2.45, 2.75) is 12.4 Å². The molecule has 12 heteroatoms. The van der Waals surface area contributed by atoms with E-state index in [9.17, 15) is 26.3 Å². The first-order valence-electron chi connectivity index (χ1n) is 7.20. The van der Waals surface area contributed by atoms with Gasteiger partial charge in [0.05, 0.1) is 21.8 Å². The smallest absolute Gasteiger partial charge is 0.276 e. The van der Waals surface area contributed by atoms with Crippen molar-refractivity contribution >= 4 is 28.8 Å². The summed E-state index contributed by atoms with van der Waals surface area (Å²) in [6.45, 7) is 0. The molecule has 0 atom stereocenters. The average molecular weight is 420 g/mol. The van der Waals surface area contributed by atoms with E-state index in [0.29, 0.717) is 6.07 Å². The van der Waals surface area contributed by atoms with Crippen molar-refractivity contribution in [1.29, 1.82) is 5.26 Å². The van der Waals surface area contributed by atoms with Gasteiger partial charge in [-0.1, -0.05) is 11.6 Å². The molecule has 0 bridgehead atoms. The van der Waals surface area contributed by atoms with Gasteiger partial charge in [0.25, 0.3) is 5.84 Å². The van der Waals surface area contributed by atoms with Gasteiger partial charge in [0.1, 0.15) is 11.8 Å². The molecule has 5 nitrogen and oxygen atoms in total. The van der Waals surface area contributed by atoms with E-state index < -0.39 is 29.3 Å². The molecule has 0 amide bonds. The molecule has 0 unspecified atom stereocenters. The number of nitrogens with one attached hydrogen (secondary N) is 1. The number of hydrogen-bond donors (Lipinski definition) is 1. The molecule has 2 aromatic carbocycles. The highest BCUT2D eigenvalue weighted by atomic mass is 35.5. The molecule has 28 heavy (non-hydrogen) atoms. The van der Waals surface area contributed by atoms with Crippen LogP contribution in [0.5, 0.6) is 0 Å². The maximum atomic E-state index is 12.7. The summed E-state index contributed by atoms with van der Waals surface area (Å²) in [5, 5.41) is 19.2. The van der Waals surface area contributed by atoms with Crippen molar-refractivity contribution in [1.82, 2.24) is 0 Å². The molecule has 0 spiro atoms. The maximum Gasteiger partial charge on any atom is 0.416 e. The largest absolute Gasteiger partial charge is 0.416 e. The second-order valence-corrected chi connectivity index (χ2v) is 5.51. The highest BCUT2D eigenvalue weighted by Crippen LogP contribution is 2.35. The van der Waals surface area contributed by atoms with Gasteiger partial charge < -0.3 is 0 Å². The molecule has 2 aromatic rings. The third kappa shape index (κ3) is 5.68. The summed E-state index contributed by atoms with van der Waals surface area (Å²) in [4.78, 5) is 0. The van der Waals surface area contributed by atoms with Crippen LogP contribution in [0.15, 0.2) is 57.8 Å². The number of anilines is 1. The third-order valence-electron chi connectivity index (χ3n) is 3.13. The zero-order chi connectivity index (χ0) is 20.9. The number of benzene rings is 2. The van der Waals surface area contributed by atoms with E-state index in [1.807, 2.05) is 0 Å². The number of hydrazone groups is 1. The topological polar surface area (TPSA) is 72.9 Å². The van der Waals surface area contributed by atoms with E-state index in [4.69, 9.17) is 16.9 Å². The second kappa shape index (κ2) is 8.26. The Bertz CT molecular complexity index is 942. The molecular formula is C16H8ClF6N5. The lowest BCUT2D eigenvalue weighted by Crippen LogP contribution is -2.04. The van der Waals surface area contributed by atoms with Gasteiger partial charge in [-0.05, 0) is 42.5 Å². The highest BCUT2D eigenvalue weighted by molar-refractivity contribution is 6.33. The van der Waals surface area contributed by atoms with Crippen LogP contribution in [-0.4, -0.2) is 5.84 Å². The van der Waals surface area contributed by atoms with E-state index in [1.165, 1.54) is 6.07 Å².